The minimum atomic E-state index is 0.687. The molecule has 0 saturated heterocycles. The third-order valence-electron chi connectivity index (χ3n) is 3.68. The number of nitrogens with zero attached hydrogens (tertiary/aromatic N) is 1. The molecule has 23 heavy (non-hydrogen) atoms. The highest BCUT2D eigenvalue weighted by atomic mass is 16.5. The minimum absolute atomic E-state index is 0.687. The standard InChI is InChI=1S/C19H20N2O2/c1-13-9-14(5-6-19(13)21-2)18(7-8-20)15-10-16(22-3)12-17(11-15)23-4/h5-7,9-12,21H,1-4H3/b18-7+. The van der Waals surface area contributed by atoms with Crippen LogP contribution in [0.3, 0.4) is 0 Å². The van der Waals surface area contributed by atoms with Gasteiger partial charge in [0.15, 0.2) is 0 Å². The molecule has 0 saturated carbocycles. The molecule has 0 unspecified atom stereocenters. The minimum Gasteiger partial charge on any atom is -0.497 e. The zero-order chi connectivity index (χ0) is 16.8. The first kappa shape index (κ1) is 16.4. The number of methoxy groups -OCH3 is 2. The van der Waals surface area contributed by atoms with Gasteiger partial charge in [-0.2, -0.15) is 5.26 Å². The van der Waals surface area contributed by atoms with E-state index in [1.807, 2.05) is 44.3 Å². The van der Waals surface area contributed by atoms with Gasteiger partial charge in [-0.3, -0.25) is 0 Å². The van der Waals surface area contributed by atoms with E-state index >= 15 is 0 Å². The maximum absolute atomic E-state index is 9.18. The van der Waals surface area contributed by atoms with E-state index in [0.29, 0.717) is 11.5 Å². The maximum Gasteiger partial charge on any atom is 0.123 e. The van der Waals surface area contributed by atoms with E-state index in [0.717, 1.165) is 28.0 Å². The van der Waals surface area contributed by atoms with Crippen molar-refractivity contribution in [3.8, 4) is 17.6 Å². The lowest BCUT2D eigenvalue weighted by molar-refractivity contribution is 0.394. The second kappa shape index (κ2) is 7.37. The average molecular weight is 308 g/mol. The van der Waals surface area contributed by atoms with E-state index in [4.69, 9.17) is 9.47 Å². The van der Waals surface area contributed by atoms with Crippen LogP contribution in [0.1, 0.15) is 16.7 Å². The maximum atomic E-state index is 9.18. The number of nitrogens with one attached hydrogen (secondary N) is 1. The van der Waals surface area contributed by atoms with Gasteiger partial charge >= 0.3 is 0 Å². The number of hydrogen-bond acceptors (Lipinski definition) is 4. The highest BCUT2D eigenvalue weighted by Gasteiger charge is 2.10. The van der Waals surface area contributed by atoms with Gasteiger partial charge in [-0.25, -0.2) is 0 Å². The summed E-state index contributed by atoms with van der Waals surface area (Å²) in [6.07, 6.45) is 1.54. The van der Waals surface area contributed by atoms with E-state index in [-0.39, 0.29) is 0 Å². The third kappa shape index (κ3) is 3.64. The topological polar surface area (TPSA) is 54.3 Å². The number of ether oxygens (including phenoxy) is 2. The Morgan fingerprint density at radius 2 is 1.70 bits per heavy atom. The van der Waals surface area contributed by atoms with Crippen molar-refractivity contribution < 1.29 is 9.47 Å². The molecule has 0 bridgehead atoms. The molecule has 0 radical (unpaired) electrons. The lowest BCUT2D eigenvalue weighted by atomic mass is 9.95. The summed E-state index contributed by atoms with van der Waals surface area (Å²) in [5.41, 5.74) is 4.85. The summed E-state index contributed by atoms with van der Waals surface area (Å²) < 4.78 is 10.6. The number of aryl methyl sites for hydroxylation is 1. The third-order valence-corrected chi connectivity index (χ3v) is 3.68. The zero-order valence-electron chi connectivity index (χ0n) is 13.8. The van der Waals surface area contributed by atoms with Gasteiger partial charge in [0.25, 0.3) is 0 Å². The van der Waals surface area contributed by atoms with Crippen LogP contribution in [0.4, 0.5) is 5.69 Å². The first-order valence-electron chi connectivity index (χ1n) is 7.25. The normalized spacial score (nSPS) is 10.8. The molecule has 2 rings (SSSR count). The van der Waals surface area contributed by atoms with Gasteiger partial charge in [-0.05, 0) is 53.5 Å². The largest absolute Gasteiger partial charge is 0.497 e. The predicted molar refractivity (Wildman–Crippen MR) is 93.0 cm³/mol. The van der Waals surface area contributed by atoms with Crippen molar-refractivity contribution in [2.24, 2.45) is 0 Å². The predicted octanol–water partition coefficient (Wildman–Crippen LogP) is 4.01. The molecule has 0 amide bonds. The van der Waals surface area contributed by atoms with E-state index in [1.165, 1.54) is 0 Å². The quantitative estimate of drug-likeness (QED) is 0.848. The van der Waals surface area contributed by atoms with Crippen LogP contribution in [0.5, 0.6) is 11.5 Å². The highest BCUT2D eigenvalue weighted by Crippen LogP contribution is 2.32. The van der Waals surface area contributed by atoms with Gasteiger partial charge < -0.3 is 14.8 Å². The highest BCUT2D eigenvalue weighted by molar-refractivity contribution is 5.83. The van der Waals surface area contributed by atoms with Crippen LogP contribution in [0.25, 0.3) is 5.57 Å². The molecule has 0 atom stereocenters. The van der Waals surface area contributed by atoms with E-state index in [9.17, 15) is 5.26 Å². The molecular weight excluding hydrogens is 288 g/mol. The number of benzene rings is 2. The molecule has 4 nitrogen and oxygen atoms in total. The summed E-state index contributed by atoms with van der Waals surface area (Å²) in [6.45, 7) is 2.03. The van der Waals surface area contributed by atoms with Gasteiger partial charge in [-0.1, -0.05) is 6.07 Å². The van der Waals surface area contributed by atoms with E-state index in [2.05, 4.69) is 17.5 Å². The first-order chi connectivity index (χ1) is 11.1. The molecule has 2 aromatic rings. The lowest BCUT2D eigenvalue weighted by Gasteiger charge is -2.13. The Hall–Kier alpha value is -2.93. The van der Waals surface area contributed by atoms with Crippen molar-refractivity contribution in [3.05, 3.63) is 59.2 Å². The molecule has 1 N–H and O–H groups in total. The van der Waals surface area contributed by atoms with Crippen molar-refractivity contribution in [2.45, 2.75) is 6.92 Å². The molecular formula is C19H20N2O2. The molecule has 0 aliphatic rings. The van der Waals surface area contributed by atoms with E-state index < -0.39 is 0 Å². The molecule has 0 aliphatic carbocycles. The fourth-order valence-corrected chi connectivity index (χ4v) is 2.47. The Labute approximate surface area is 137 Å². The molecule has 4 heteroatoms. The zero-order valence-corrected chi connectivity index (χ0v) is 13.8. The van der Waals surface area contributed by atoms with Crippen LogP contribution < -0.4 is 14.8 Å². The Kier molecular flexibility index (Phi) is 5.27. The second-order valence-corrected chi connectivity index (χ2v) is 5.07. The molecule has 0 aromatic heterocycles. The van der Waals surface area contributed by atoms with Crippen LogP contribution in [-0.4, -0.2) is 21.3 Å². The summed E-state index contributed by atoms with van der Waals surface area (Å²) in [5.74, 6) is 1.37. The summed E-state index contributed by atoms with van der Waals surface area (Å²) in [5, 5.41) is 12.3. The van der Waals surface area contributed by atoms with Crippen LogP contribution in [-0.2, 0) is 0 Å². The summed E-state index contributed by atoms with van der Waals surface area (Å²) >= 11 is 0. The number of hydrogen-bond donors (Lipinski definition) is 1. The first-order valence-corrected chi connectivity index (χ1v) is 7.25. The van der Waals surface area contributed by atoms with Crippen LogP contribution in [0.2, 0.25) is 0 Å². The van der Waals surface area contributed by atoms with Crippen LogP contribution in [0, 0.1) is 18.3 Å². The molecule has 118 valence electrons. The molecule has 0 aliphatic heterocycles. The van der Waals surface area contributed by atoms with Crippen molar-refractivity contribution in [1.29, 1.82) is 5.26 Å². The molecule has 0 spiro atoms. The van der Waals surface area contributed by atoms with Crippen molar-refractivity contribution >= 4 is 11.3 Å². The number of anilines is 1. The SMILES string of the molecule is CNc1ccc(/C(=C\C#N)c2cc(OC)cc(OC)c2)cc1C. The summed E-state index contributed by atoms with van der Waals surface area (Å²) in [4.78, 5) is 0. The van der Waals surface area contributed by atoms with Gasteiger partial charge in [0.05, 0.1) is 20.3 Å². The van der Waals surface area contributed by atoms with Crippen LogP contribution in [0.15, 0.2) is 42.5 Å². The fraction of sp³-hybridized carbons (Fsp3) is 0.211. The summed E-state index contributed by atoms with van der Waals surface area (Å²) in [6, 6.07) is 13.8. The van der Waals surface area contributed by atoms with Gasteiger partial charge in [-0.15, -0.1) is 0 Å². The van der Waals surface area contributed by atoms with Gasteiger partial charge in [0, 0.05) is 24.9 Å². The molecule has 0 heterocycles. The van der Waals surface area contributed by atoms with E-state index in [1.54, 1.807) is 20.3 Å². The Morgan fingerprint density at radius 3 is 2.17 bits per heavy atom. The van der Waals surface area contributed by atoms with Crippen molar-refractivity contribution in [1.82, 2.24) is 0 Å². The monoisotopic (exact) mass is 308 g/mol. The number of rotatable bonds is 5. The van der Waals surface area contributed by atoms with Crippen molar-refractivity contribution in [2.75, 3.05) is 26.6 Å². The van der Waals surface area contributed by atoms with Gasteiger partial charge in [0.1, 0.15) is 11.5 Å². The molecule has 0 fully saturated rings. The Morgan fingerprint density at radius 1 is 1.04 bits per heavy atom. The Balaban J connectivity index is 2.58. The van der Waals surface area contributed by atoms with Crippen LogP contribution >= 0.6 is 0 Å². The summed E-state index contributed by atoms with van der Waals surface area (Å²) in [7, 11) is 5.11. The molecule has 2 aromatic carbocycles. The second-order valence-electron chi connectivity index (χ2n) is 5.07. The number of allylic oxidation sites excluding steroid dienone is 1. The average Bonchev–Trinajstić information content (AvgIpc) is 2.59. The smallest absolute Gasteiger partial charge is 0.123 e. The lowest BCUT2D eigenvalue weighted by Crippen LogP contribution is -1.96. The van der Waals surface area contributed by atoms with Crippen molar-refractivity contribution in [3.63, 3.8) is 0 Å². The Bertz CT molecular complexity index is 751. The fourth-order valence-electron chi connectivity index (χ4n) is 2.47. The van der Waals surface area contributed by atoms with Gasteiger partial charge in [0.2, 0.25) is 0 Å². The number of nitriles is 1.